The number of benzene rings is 1. The average molecular weight is 273 g/mol. The average Bonchev–Trinajstić information content (AvgIpc) is 2.82. The molecule has 1 aromatic heterocycles. The molecule has 3 rings (SSSR count). The van der Waals surface area contributed by atoms with Crippen molar-refractivity contribution in [2.24, 2.45) is 0 Å². The number of hydrogen-bond donors (Lipinski definition) is 1. The fourth-order valence-electron chi connectivity index (χ4n) is 2.78. The van der Waals surface area contributed by atoms with Crippen LogP contribution in [0.15, 0.2) is 42.6 Å². The van der Waals surface area contributed by atoms with Crippen LogP contribution < -0.4 is 5.32 Å². The molecule has 0 aliphatic heterocycles. The van der Waals surface area contributed by atoms with Gasteiger partial charge in [0.05, 0.1) is 5.69 Å². The molecule has 0 radical (unpaired) electrons. The van der Waals surface area contributed by atoms with Gasteiger partial charge in [-0.2, -0.15) is 0 Å². The minimum atomic E-state index is 0.257. The highest BCUT2D eigenvalue weighted by atomic mass is 35.5. The maximum Gasteiger partial charge on any atom is 0.0570 e. The minimum absolute atomic E-state index is 0.257. The van der Waals surface area contributed by atoms with Gasteiger partial charge >= 0.3 is 0 Å². The molecule has 19 heavy (non-hydrogen) atoms. The second-order valence-electron chi connectivity index (χ2n) is 5.08. The van der Waals surface area contributed by atoms with E-state index in [0.717, 1.165) is 23.6 Å². The molecule has 0 amide bonds. The molecule has 0 fully saturated rings. The van der Waals surface area contributed by atoms with Crippen molar-refractivity contribution in [3.05, 3.63) is 64.4 Å². The fourth-order valence-corrected chi connectivity index (χ4v) is 2.97. The molecule has 1 unspecified atom stereocenters. The van der Waals surface area contributed by atoms with Crippen molar-refractivity contribution in [2.75, 3.05) is 0 Å². The first kappa shape index (κ1) is 12.6. The molecule has 3 heteroatoms. The summed E-state index contributed by atoms with van der Waals surface area (Å²) in [4.78, 5) is 4.41. The first-order valence-electron chi connectivity index (χ1n) is 6.69. The van der Waals surface area contributed by atoms with E-state index in [1.165, 1.54) is 11.1 Å². The number of aromatic nitrogens is 1. The van der Waals surface area contributed by atoms with Crippen LogP contribution in [-0.2, 0) is 6.42 Å². The summed E-state index contributed by atoms with van der Waals surface area (Å²) < 4.78 is 0. The van der Waals surface area contributed by atoms with Crippen LogP contribution in [0.3, 0.4) is 0 Å². The molecule has 1 N–H and O–H groups in total. The number of rotatable bonds is 3. The summed E-state index contributed by atoms with van der Waals surface area (Å²) in [5.74, 6) is 0. The molecule has 98 valence electrons. The second-order valence-corrected chi connectivity index (χ2v) is 5.51. The van der Waals surface area contributed by atoms with Gasteiger partial charge in [-0.3, -0.25) is 4.98 Å². The van der Waals surface area contributed by atoms with Crippen molar-refractivity contribution < 1.29 is 0 Å². The van der Waals surface area contributed by atoms with E-state index in [-0.39, 0.29) is 6.04 Å². The van der Waals surface area contributed by atoms with E-state index >= 15 is 0 Å². The Labute approximate surface area is 118 Å². The van der Waals surface area contributed by atoms with Gasteiger partial charge in [-0.25, -0.2) is 0 Å². The Hall–Kier alpha value is -1.38. The van der Waals surface area contributed by atoms with Crippen LogP contribution in [0.4, 0.5) is 0 Å². The van der Waals surface area contributed by atoms with Gasteiger partial charge in [0.2, 0.25) is 0 Å². The van der Waals surface area contributed by atoms with Gasteiger partial charge in [0, 0.05) is 23.3 Å². The lowest BCUT2D eigenvalue weighted by Crippen LogP contribution is -2.23. The lowest BCUT2D eigenvalue weighted by Gasteiger charge is -2.20. The smallest absolute Gasteiger partial charge is 0.0570 e. The van der Waals surface area contributed by atoms with Crippen LogP contribution in [0.25, 0.3) is 0 Å². The summed E-state index contributed by atoms with van der Waals surface area (Å²) >= 11 is 6.04. The molecule has 0 saturated heterocycles. The zero-order valence-electron chi connectivity index (χ0n) is 10.9. The summed E-state index contributed by atoms with van der Waals surface area (Å²) in [7, 11) is 0. The third kappa shape index (κ3) is 2.65. The van der Waals surface area contributed by atoms with E-state index in [1.807, 2.05) is 24.4 Å². The van der Waals surface area contributed by atoms with Crippen molar-refractivity contribution in [3.8, 4) is 0 Å². The van der Waals surface area contributed by atoms with E-state index in [1.54, 1.807) is 0 Å². The monoisotopic (exact) mass is 272 g/mol. The third-order valence-corrected chi connectivity index (χ3v) is 4.00. The fraction of sp³-hybridized carbons (Fsp3) is 0.312. The molecule has 0 bridgehead atoms. The molecule has 1 aliphatic rings. The quantitative estimate of drug-likeness (QED) is 0.911. The largest absolute Gasteiger partial charge is 0.302 e. The van der Waals surface area contributed by atoms with Gasteiger partial charge in [-0.1, -0.05) is 23.7 Å². The molecule has 1 heterocycles. The molecule has 2 atom stereocenters. The molecular formula is C16H17ClN2. The zero-order valence-corrected chi connectivity index (χ0v) is 11.7. The van der Waals surface area contributed by atoms with E-state index in [4.69, 9.17) is 11.6 Å². The van der Waals surface area contributed by atoms with Gasteiger partial charge in [-0.05, 0) is 55.2 Å². The van der Waals surface area contributed by atoms with Gasteiger partial charge in [-0.15, -0.1) is 0 Å². The van der Waals surface area contributed by atoms with Crippen molar-refractivity contribution in [1.82, 2.24) is 10.3 Å². The maximum absolute atomic E-state index is 6.04. The topological polar surface area (TPSA) is 24.9 Å². The summed E-state index contributed by atoms with van der Waals surface area (Å²) in [6, 6.07) is 12.9. The maximum atomic E-state index is 6.04. The van der Waals surface area contributed by atoms with Crippen molar-refractivity contribution in [1.29, 1.82) is 0 Å². The van der Waals surface area contributed by atoms with Crippen molar-refractivity contribution in [2.45, 2.75) is 31.8 Å². The molecule has 0 spiro atoms. The van der Waals surface area contributed by atoms with Gasteiger partial charge in [0.25, 0.3) is 0 Å². The lowest BCUT2D eigenvalue weighted by molar-refractivity contribution is 0.458. The van der Waals surface area contributed by atoms with Gasteiger partial charge in [0.1, 0.15) is 0 Å². The van der Waals surface area contributed by atoms with Crippen LogP contribution in [0.5, 0.6) is 0 Å². The predicted octanol–water partition coefficient (Wildman–Crippen LogP) is 4.07. The number of aryl methyl sites for hydroxylation is 1. The van der Waals surface area contributed by atoms with Crippen LogP contribution in [0.1, 0.15) is 42.2 Å². The Morgan fingerprint density at radius 1 is 1.32 bits per heavy atom. The minimum Gasteiger partial charge on any atom is -0.302 e. The van der Waals surface area contributed by atoms with E-state index in [2.05, 4.69) is 35.4 Å². The van der Waals surface area contributed by atoms with Crippen LogP contribution in [0.2, 0.25) is 5.02 Å². The first-order valence-corrected chi connectivity index (χ1v) is 7.07. The number of pyridine rings is 1. The highest BCUT2D eigenvalue weighted by Gasteiger charge is 2.24. The Balaban J connectivity index is 1.76. The molecule has 1 aliphatic carbocycles. The number of nitrogens with zero attached hydrogens (tertiary/aromatic N) is 1. The SMILES string of the molecule is C[C@H](NC1CCc2cc(Cl)ccc21)c1ccccn1. The Kier molecular flexibility index (Phi) is 3.54. The predicted molar refractivity (Wildman–Crippen MR) is 78.3 cm³/mol. The van der Waals surface area contributed by atoms with Gasteiger partial charge in [0.15, 0.2) is 0 Å². The van der Waals surface area contributed by atoms with Crippen LogP contribution >= 0.6 is 11.6 Å². The Morgan fingerprint density at radius 3 is 3.00 bits per heavy atom. The number of hydrogen-bond acceptors (Lipinski definition) is 2. The summed E-state index contributed by atoms with van der Waals surface area (Å²) in [5.41, 5.74) is 3.84. The number of fused-ring (bicyclic) bond motifs is 1. The van der Waals surface area contributed by atoms with Crippen LogP contribution in [-0.4, -0.2) is 4.98 Å². The first-order chi connectivity index (χ1) is 9.24. The van der Waals surface area contributed by atoms with Gasteiger partial charge < -0.3 is 5.32 Å². The highest BCUT2D eigenvalue weighted by Crippen LogP contribution is 2.34. The van der Waals surface area contributed by atoms with E-state index in [0.29, 0.717) is 6.04 Å². The van der Waals surface area contributed by atoms with E-state index in [9.17, 15) is 0 Å². The van der Waals surface area contributed by atoms with E-state index < -0.39 is 0 Å². The number of nitrogens with one attached hydrogen (secondary N) is 1. The molecule has 0 saturated carbocycles. The lowest BCUT2D eigenvalue weighted by atomic mass is 10.1. The second kappa shape index (κ2) is 5.32. The summed E-state index contributed by atoms with van der Waals surface area (Å²) in [5, 5.41) is 4.50. The Morgan fingerprint density at radius 2 is 2.21 bits per heavy atom. The zero-order chi connectivity index (χ0) is 13.2. The number of halogens is 1. The highest BCUT2D eigenvalue weighted by molar-refractivity contribution is 6.30. The van der Waals surface area contributed by atoms with Crippen molar-refractivity contribution in [3.63, 3.8) is 0 Å². The normalized spacial score (nSPS) is 19.2. The third-order valence-electron chi connectivity index (χ3n) is 3.77. The Bertz CT molecular complexity index is 568. The molecular weight excluding hydrogens is 256 g/mol. The molecule has 2 aromatic rings. The summed E-state index contributed by atoms with van der Waals surface area (Å²) in [6.07, 6.45) is 4.07. The molecule has 1 aromatic carbocycles. The molecule has 2 nitrogen and oxygen atoms in total. The van der Waals surface area contributed by atoms with Crippen molar-refractivity contribution >= 4 is 11.6 Å². The summed E-state index contributed by atoms with van der Waals surface area (Å²) in [6.45, 7) is 2.16. The standard InChI is InChI=1S/C16H17ClN2/c1-11(15-4-2-3-9-18-15)19-16-8-5-12-10-13(17)6-7-14(12)16/h2-4,6-7,9-11,16,19H,5,8H2,1H3/t11-,16?/m0/s1. The van der Waals surface area contributed by atoms with Crippen LogP contribution in [0, 0.1) is 0 Å².